The van der Waals surface area contributed by atoms with Gasteiger partial charge >= 0.3 is 0 Å². The van der Waals surface area contributed by atoms with E-state index in [4.69, 9.17) is 5.73 Å². The molecule has 2 aliphatic carbocycles. The molecule has 20 heavy (non-hydrogen) atoms. The van der Waals surface area contributed by atoms with Crippen molar-refractivity contribution in [2.45, 2.75) is 31.7 Å². The fourth-order valence-corrected chi connectivity index (χ4v) is 3.89. The van der Waals surface area contributed by atoms with E-state index >= 15 is 0 Å². The van der Waals surface area contributed by atoms with Crippen LogP contribution in [0.25, 0.3) is 0 Å². The summed E-state index contributed by atoms with van der Waals surface area (Å²) in [7, 11) is 0. The Balaban J connectivity index is 0.00000147. The normalized spacial score (nSPS) is 31.4. The Morgan fingerprint density at radius 3 is 2.60 bits per heavy atom. The number of nitrogens with zero attached hydrogens (tertiary/aromatic N) is 2. The third kappa shape index (κ3) is 2.64. The molecule has 1 aromatic heterocycles. The number of fused-ring (bicyclic) bond motifs is 2. The average Bonchev–Trinajstić information content (AvgIpc) is 3.02. The lowest BCUT2D eigenvalue weighted by Crippen LogP contribution is -2.42. The fraction of sp³-hybridized carbons (Fsp3) is 0.727. The maximum Gasteiger partial charge on any atom is 0.291 e. The van der Waals surface area contributed by atoms with Gasteiger partial charge in [-0.2, -0.15) is 0 Å². The number of anilines is 1. The molecule has 0 saturated heterocycles. The molecule has 4 unspecified atom stereocenters. The molecule has 2 fully saturated rings. The summed E-state index contributed by atoms with van der Waals surface area (Å²) in [6.45, 7) is 0. The Morgan fingerprint density at radius 1 is 1.35 bits per heavy atom. The smallest absolute Gasteiger partial charge is 0.291 e. The van der Waals surface area contributed by atoms with Crippen LogP contribution in [0.5, 0.6) is 0 Å². The minimum Gasteiger partial charge on any atom is -0.327 e. The highest BCUT2D eigenvalue weighted by Gasteiger charge is 2.49. The SMILES string of the molecule is Cl.NC1C2CCC(C2)C1C(=O)Nc1nnc(C(F)F)s1. The van der Waals surface area contributed by atoms with Gasteiger partial charge < -0.3 is 11.1 Å². The van der Waals surface area contributed by atoms with Crippen LogP contribution < -0.4 is 11.1 Å². The van der Waals surface area contributed by atoms with Gasteiger partial charge in [-0.15, -0.1) is 22.6 Å². The number of nitrogens with two attached hydrogens (primary N) is 1. The van der Waals surface area contributed by atoms with Gasteiger partial charge in [-0.05, 0) is 31.1 Å². The van der Waals surface area contributed by atoms with E-state index in [9.17, 15) is 13.6 Å². The molecule has 3 rings (SSSR count). The lowest BCUT2D eigenvalue weighted by atomic mass is 9.84. The first-order valence-corrected chi connectivity index (χ1v) is 7.06. The van der Waals surface area contributed by atoms with Crippen LogP contribution in [-0.2, 0) is 4.79 Å². The lowest BCUT2D eigenvalue weighted by molar-refractivity contribution is -0.121. The van der Waals surface area contributed by atoms with Gasteiger partial charge in [0.2, 0.25) is 11.0 Å². The number of halogens is 3. The third-order valence-electron chi connectivity index (χ3n) is 4.14. The Morgan fingerprint density at radius 2 is 2.05 bits per heavy atom. The Hall–Kier alpha value is -0.860. The van der Waals surface area contributed by atoms with Crippen LogP contribution in [0.2, 0.25) is 0 Å². The van der Waals surface area contributed by atoms with Crippen molar-refractivity contribution in [1.82, 2.24) is 10.2 Å². The molecule has 0 aliphatic heterocycles. The van der Waals surface area contributed by atoms with Gasteiger partial charge in [-0.3, -0.25) is 4.79 Å². The number of carbonyl (C=O) groups is 1. The molecule has 2 aliphatic rings. The second kappa shape index (κ2) is 5.87. The number of nitrogens with one attached hydrogen (secondary N) is 1. The summed E-state index contributed by atoms with van der Waals surface area (Å²) >= 11 is 0.704. The van der Waals surface area contributed by atoms with Gasteiger partial charge in [0.05, 0.1) is 5.92 Å². The van der Waals surface area contributed by atoms with Crippen molar-refractivity contribution in [1.29, 1.82) is 0 Å². The number of aromatic nitrogens is 2. The van der Waals surface area contributed by atoms with Gasteiger partial charge in [-0.25, -0.2) is 8.78 Å². The molecule has 4 atom stereocenters. The maximum absolute atomic E-state index is 12.4. The number of hydrogen-bond donors (Lipinski definition) is 2. The molecule has 9 heteroatoms. The van der Waals surface area contributed by atoms with Gasteiger partial charge in [0, 0.05) is 6.04 Å². The first-order valence-electron chi connectivity index (χ1n) is 6.24. The third-order valence-corrected chi connectivity index (χ3v) is 4.99. The molecule has 5 nitrogen and oxygen atoms in total. The second-order valence-electron chi connectivity index (χ2n) is 5.17. The summed E-state index contributed by atoms with van der Waals surface area (Å²) in [6.07, 6.45) is 0.448. The predicted octanol–water partition coefficient (Wildman–Crippen LogP) is 2.21. The maximum atomic E-state index is 12.4. The quantitative estimate of drug-likeness (QED) is 0.893. The summed E-state index contributed by atoms with van der Waals surface area (Å²) in [6, 6.07) is -0.124. The van der Waals surface area contributed by atoms with Gasteiger partial charge in [-0.1, -0.05) is 11.3 Å². The van der Waals surface area contributed by atoms with Crippen molar-refractivity contribution in [3.8, 4) is 0 Å². The number of alkyl halides is 2. The van der Waals surface area contributed by atoms with Crippen LogP contribution in [0.4, 0.5) is 13.9 Å². The minimum atomic E-state index is -2.66. The van der Waals surface area contributed by atoms with Crippen molar-refractivity contribution in [2.24, 2.45) is 23.5 Å². The molecule has 0 aromatic carbocycles. The van der Waals surface area contributed by atoms with Crippen LogP contribution in [0.1, 0.15) is 30.7 Å². The van der Waals surface area contributed by atoms with Crippen LogP contribution in [-0.4, -0.2) is 22.1 Å². The first-order chi connectivity index (χ1) is 9.06. The van der Waals surface area contributed by atoms with E-state index in [0.29, 0.717) is 23.2 Å². The molecule has 3 N–H and O–H groups in total. The van der Waals surface area contributed by atoms with Crippen molar-refractivity contribution in [3.05, 3.63) is 5.01 Å². The molecule has 1 heterocycles. The Kier molecular flexibility index (Phi) is 4.55. The second-order valence-corrected chi connectivity index (χ2v) is 6.18. The molecular weight excluding hydrogens is 310 g/mol. The average molecular weight is 325 g/mol. The molecule has 1 amide bonds. The zero-order chi connectivity index (χ0) is 13.6. The fourth-order valence-electron chi connectivity index (χ4n) is 3.29. The number of carbonyl (C=O) groups excluding carboxylic acids is 1. The first kappa shape index (κ1) is 15.5. The predicted molar refractivity (Wildman–Crippen MR) is 73.0 cm³/mol. The van der Waals surface area contributed by atoms with E-state index in [2.05, 4.69) is 15.5 Å². The van der Waals surface area contributed by atoms with E-state index in [0.717, 1.165) is 19.3 Å². The topological polar surface area (TPSA) is 80.9 Å². The molecule has 0 spiro atoms. The van der Waals surface area contributed by atoms with Crippen LogP contribution >= 0.6 is 23.7 Å². The van der Waals surface area contributed by atoms with E-state index in [1.54, 1.807) is 0 Å². The summed E-state index contributed by atoms with van der Waals surface area (Å²) < 4.78 is 24.8. The van der Waals surface area contributed by atoms with Gasteiger partial charge in [0.15, 0.2) is 5.01 Å². The molecule has 0 radical (unpaired) electrons. The Labute approximate surface area is 124 Å². The highest BCUT2D eigenvalue weighted by atomic mass is 35.5. The van der Waals surface area contributed by atoms with Crippen molar-refractivity contribution in [3.63, 3.8) is 0 Å². The molecule has 2 bridgehead atoms. The van der Waals surface area contributed by atoms with Crippen molar-refractivity contribution >= 4 is 34.8 Å². The molecule has 1 aromatic rings. The van der Waals surface area contributed by atoms with Gasteiger partial charge in [0.1, 0.15) is 0 Å². The number of rotatable bonds is 3. The summed E-state index contributed by atoms with van der Waals surface area (Å²) in [5.74, 6) is 0.309. The van der Waals surface area contributed by atoms with Crippen molar-refractivity contribution < 1.29 is 13.6 Å². The Bertz CT molecular complexity index is 499. The van der Waals surface area contributed by atoms with E-state index in [-0.39, 0.29) is 40.4 Å². The highest BCUT2D eigenvalue weighted by molar-refractivity contribution is 7.15. The van der Waals surface area contributed by atoms with Crippen molar-refractivity contribution in [2.75, 3.05) is 5.32 Å². The molecule has 112 valence electrons. The number of hydrogen-bond acceptors (Lipinski definition) is 5. The van der Waals surface area contributed by atoms with Crippen LogP contribution in [0.15, 0.2) is 0 Å². The zero-order valence-corrected chi connectivity index (χ0v) is 12.1. The number of amides is 1. The zero-order valence-electron chi connectivity index (χ0n) is 10.5. The summed E-state index contributed by atoms with van der Waals surface area (Å²) in [4.78, 5) is 12.2. The van der Waals surface area contributed by atoms with Crippen LogP contribution in [0, 0.1) is 17.8 Å². The standard InChI is InChI=1S/C11H14F2N4OS.ClH/c12-8(13)10-16-17-11(19-10)15-9(18)6-4-1-2-5(3-4)7(6)14;/h4-8H,1-3,14H2,(H,15,17,18);1H. The molecule has 2 saturated carbocycles. The van der Waals surface area contributed by atoms with E-state index in [1.807, 2.05) is 0 Å². The monoisotopic (exact) mass is 324 g/mol. The lowest BCUT2D eigenvalue weighted by Gasteiger charge is -2.26. The minimum absolute atomic E-state index is 0. The van der Waals surface area contributed by atoms with Gasteiger partial charge in [0.25, 0.3) is 6.43 Å². The largest absolute Gasteiger partial charge is 0.327 e. The van der Waals surface area contributed by atoms with E-state index < -0.39 is 6.43 Å². The molecular formula is C11H15ClF2N4OS. The van der Waals surface area contributed by atoms with Crippen LogP contribution in [0.3, 0.4) is 0 Å². The summed E-state index contributed by atoms with van der Waals surface area (Å²) in [5.41, 5.74) is 6.06. The summed E-state index contributed by atoms with van der Waals surface area (Å²) in [5, 5.41) is 9.19. The van der Waals surface area contributed by atoms with E-state index in [1.165, 1.54) is 0 Å². The highest BCUT2D eigenvalue weighted by Crippen LogP contribution is 2.48.